The van der Waals surface area contributed by atoms with E-state index in [4.69, 9.17) is 0 Å². The van der Waals surface area contributed by atoms with E-state index >= 15 is 0 Å². The number of aromatic amines is 2. The molecule has 2 N–H and O–H groups in total. The molecular weight excluding hydrogens is 453 g/mol. The molecule has 5 nitrogen and oxygen atoms in total. The van der Waals surface area contributed by atoms with Crippen molar-refractivity contribution < 1.29 is 28.5 Å². The molecule has 6 heteroatoms. The molecule has 4 rings (SSSR count). The second-order valence-corrected chi connectivity index (χ2v) is 6.35. The van der Waals surface area contributed by atoms with Crippen LogP contribution in [0.4, 0.5) is 0 Å². The Bertz CT molecular complexity index is 1230. The Kier molecular flexibility index (Phi) is 5.27. The molecule has 0 aliphatic carbocycles. The van der Waals surface area contributed by atoms with Gasteiger partial charge in [0.15, 0.2) is 0 Å². The summed E-state index contributed by atoms with van der Waals surface area (Å²) in [4.78, 5) is 29.2. The van der Waals surface area contributed by atoms with Gasteiger partial charge in [-0.1, -0.05) is 42.5 Å². The third kappa shape index (κ3) is 3.44. The number of hydrogen-bond acceptors (Lipinski definition) is 2. The first-order chi connectivity index (χ1) is 12.5. The van der Waals surface area contributed by atoms with Gasteiger partial charge in [-0.3, -0.25) is 9.78 Å². The summed E-state index contributed by atoms with van der Waals surface area (Å²) in [7, 11) is 0. The van der Waals surface area contributed by atoms with Crippen LogP contribution in [0.15, 0.2) is 70.3 Å². The lowest BCUT2D eigenvalue weighted by Gasteiger charge is -2.09. The van der Waals surface area contributed by atoms with E-state index in [0.29, 0.717) is 11.0 Å². The highest BCUT2D eigenvalue weighted by Crippen LogP contribution is 2.20. The van der Waals surface area contributed by atoms with E-state index in [1.165, 1.54) is 0 Å². The van der Waals surface area contributed by atoms with E-state index in [1.54, 1.807) is 0 Å². The molecule has 0 fully saturated rings. The highest BCUT2D eigenvalue weighted by Gasteiger charge is 2.19. The van der Waals surface area contributed by atoms with Gasteiger partial charge in [0.05, 0.1) is 0 Å². The minimum absolute atomic E-state index is 0. The van der Waals surface area contributed by atoms with Crippen molar-refractivity contribution in [3.63, 3.8) is 0 Å². The maximum Gasteiger partial charge on any atom is 0.413 e. The van der Waals surface area contributed by atoms with Crippen molar-refractivity contribution in [1.82, 2.24) is 9.97 Å². The first kappa shape index (κ1) is 19.0. The number of benzene rings is 2. The SMILES string of the molecule is Cc1cc(C)[n+](-c2ccc(-c3ccccc3)cc2)c2[nH]c(=O)[nH]c(=O)c12.[I-]. The van der Waals surface area contributed by atoms with Crippen molar-refractivity contribution in [2.24, 2.45) is 0 Å². The molecule has 0 atom stereocenters. The summed E-state index contributed by atoms with van der Waals surface area (Å²) < 4.78 is 1.90. The predicted molar refractivity (Wildman–Crippen MR) is 102 cm³/mol. The molecule has 0 spiro atoms. The van der Waals surface area contributed by atoms with Crippen molar-refractivity contribution in [2.45, 2.75) is 13.8 Å². The summed E-state index contributed by atoms with van der Waals surface area (Å²) in [5.74, 6) is 0. The Labute approximate surface area is 172 Å². The third-order valence-electron chi connectivity index (χ3n) is 4.55. The topological polar surface area (TPSA) is 69.6 Å². The average molecular weight is 471 g/mol. The Hall–Kier alpha value is -2.74. The van der Waals surface area contributed by atoms with Gasteiger partial charge in [-0.15, -0.1) is 0 Å². The van der Waals surface area contributed by atoms with E-state index in [9.17, 15) is 9.59 Å². The van der Waals surface area contributed by atoms with Crippen LogP contribution >= 0.6 is 0 Å². The van der Waals surface area contributed by atoms with Crippen molar-refractivity contribution in [3.05, 3.63) is 92.8 Å². The zero-order chi connectivity index (χ0) is 18.3. The van der Waals surface area contributed by atoms with Crippen LogP contribution in [0.5, 0.6) is 0 Å². The van der Waals surface area contributed by atoms with Crippen LogP contribution in [0.1, 0.15) is 11.3 Å². The molecular formula is C21H18IN3O2. The molecule has 0 unspecified atom stereocenters. The van der Waals surface area contributed by atoms with Crippen LogP contribution in [0.25, 0.3) is 27.8 Å². The first-order valence-corrected chi connectivity index (χ1v) is 8.39. The molecule has 0 bridgehead atoms. The van der Waals surface area contributed by atoms with Crippen LogP contribution in [0.2, 0.25) is 0 Å². The van der Waals surface area contributed by atoms with Crippen LogP contribution in [-0.2, 0) is 0 Å². The molecule has 0 aliphatic heterocycles. The van der Waals surface area contributed by atoms with E-state index in [0.717, 1.165) is 28.1 Å². The monoisotopic (exact) mass is 471 g/mol. The van der Waals surface area contributed by atoms with E-state index in [2.05, 4.69) is 22.1 Å². The maximum absolute atomic E-state index is 12.3. The number of nitrogens with zero attached hydrogens (tertiary/aromatic N) is 1. The number of halogens is 1. The Morgan fingerprint density at radius 3 is 2.11 bits per heavy atom. The van der Waals surface area contributed by atoms with Gasteiger partial charge >= 0.3 is 11.3 Å². The fraction of sp³-hybridized carbons (Fsp3) is 0.0952. The van der Waals surface area contributed by atoms with Crippen LogP contribution in [-0.4, -0.2) is 9.97 Å². The number of H-pyrrole nitrogens is 2. The number of aromatic nitrogens is 3. The van der Waals surface area contributed by atoms with Gasteiger partial charge in [0, 0.05) is 0 Å². The molecule has 4 aromatic rings. The summed E-state index contributed by atoms with van der Waals surface area (Å²) in [6.45, 7) is 3.82. The highest BCUT2D eigenvalue weighted by atomic mass is 127. The van der Waals surface area contributed by atoms with Gasteiger partial charge in [0.25, 0.3) is 5.56 Å². The van der Waals surface area contributed by atoms with Crippen molar-refractivity contribution in [3.8, 4) is 16.8 Å². The normalized spacial score (nSPS) is 10.6. The average Bonchev–Trinajstić information content (AvgIpc) is 2.62. The molecule has 136 valence electrons. The number of rotatable bonds is 2. The Balaban J connectivity index is 0.00000210. The van der Waals surface area contributed by atoms with Crippen LogP contribution in [0.3, 0.4) is 0 Å². The minimum atomic E-state index is -0.512. The molecule has 2 heterocycles. The number of fused-ring (bicyclic) bond motifs is 1. The largest absolute Gasteiger partial charge is 1.00 e. The summed E-state index contributed by atoms with van der Waals surface area (Å²) in [6.07, 6.45) is 0. The zero-order valence-electron chi connectivity index (χ0n) is 14.9. The summed E-state index contributed by atoms with van der Waals surface area (Å²) in [6, 6.07) is 20.1. The second-order valence-electron chi connectivity index (χ2n) is 6.35. The molecule has 0 radical (unpaired) electrons. The third-order valence-corrected chi connectivity index (χ3v) is 4.55. The number of hydrogen-bond donors (Lipinski definition) is 2. The van der Waals surface area contributed by atoms with E-state index in [-0.39, 0.29) is 29.5 Å². The molecule has 0 amide bonds. The van der Waals surface area contributed by atoms with Crippen molar-refractivity contribution in [1.29, 1.82) is 0 Å². The van der Waals surface area contributed by atoms with Gasteiger partial charge in [-0.05, 0) is 48.7 Å². The zero-order valence-corrected chi connectivity index (χ0v) is 17.1. The van der Waals surface area contributed by atoms with Crippen molar-refractivity contribution in [2.75, 3.05) is 0 Å². The first-order valence-electron chi connectivity index (χ1n) is 8.39. The summed E-state index contributed by atoms with van der Waals surface area (Å²) >= 11 is 0. The molecule has 27 heavy (non-hydrogen) atoms. The Morgan fingerprint density at radius 2 is 1.44 bits per heavy atom. The Morgan fingerprint density at radius 1 is 0.815 bits per heavy atom. The van der Waals surface area contributed by atoms with Gasteiger partial charge in [0.2, 0.25) is 0 Å². The van der Waals surface area contributed by atoms with Gasteiger partial charge < -0.3 is 24.0 Å². The molecule has 0 saturated carbocycles. The molecule has 0 saturated heterocycles. The van der Waals surface area contributed by atoms with E-state index < -0.39 is 5.69 Å². The smallest absolute Gasteiger partial charge is 0.413 e. The minimum Gasteiger partial charge on any atom is -1.00 e. The molecule has 0 aliphatic rings. The molecule has 2 aromatic carbocycles. The summed E-state index contributed by atoms with van der Waals surface area (Å²) in [5.41, 5.74) is 4.50. The van der Waals surface area contributed by atoms with E-state index in [1.807, 2.05) is 66.9 Å². The standard InChI is InChI=1S/C21H17N3O2.HI/c1-13-12-14(2)24(19-18(13)20(25)23-21(26)22-19)17-10-8-16(9-11-17)15-6-4-3-5-7-15;/h3-12H,1-2H3,(H,23,25,26);1H. The van der Waals surface area contributed by atoms with Crippen molar-refractivity contribution >= 4 is 11.0 Å². The predicted octanol–water partition coefficient (Wildman–Crippen LogP) is -0.219. The molecule has 2 aromatic heterocycles. The fourth-order valence-corrected chi connectivity index (χ4v) is 3.40. The summed E-state index contributed by atoms with van der Waals surface area (Å²) in [5, 5.41) is 0.488. The number of aryl methyl sites for hydroxylation is 2. The lowest BCUT2D eigenvalue weighted by atomic mass is 10.1. The van der Waals surface area contributed by atoms with Gasteiger partial charge in [0.1, 0.15) is 16.8 Å². The maximum atomic E-state index is 12.3. The quantitative estimate of drug-likeness (QED) is 0.314. The second kappa shape index (κ2) is 7.48. The van der Waals surface area contributed by atoms with Gasteiger partial charge in [-0.25, -0.2) is 4.79 Å². The van der Waals surface area contributed by atoms with Gasteiger partial charge in [-0.2, -0.15) is 9.55 Å². The number of pyridine rings is 1. The number of nitrogens with one attached hydrogen (secondary N) is 2. The van der Waals surface area contributed by atoms with Crippen LogP contribution in [0, 0.1) is 13.8 Å². The lowest BCUT2D eigenvalue weighted by molar-refractivity contribution is -0.576. The lowest BCUT2D eigenvalue weighted by Crippen LogP contribution is -3.00. The van der Waals surface area contributed by atoms with Crippen LogP contribution < -0.4 is 39.8 Å². The fourth-order valence-electron chi connectivity index (χ4n) is 3.40. The highest BCUT2D eigenvalue weighted by molar-refractivity contribution is 5.75.